The van der Waals surface area contributed by atoms with E-state index >= 15 is 0 Å². The van der Waals surface area contributed by atoms with Gasteiger partial charge in [-0.25, -0.2) is 0 Å². The van der Waals surface area contributed by atoms with Gasteiger partial charge >= 0.3 is 0 Å². The molecule has 2 aliphatic rings. The third kappa shape index (κ3) is 2.15. The van der Waals surface area contributed by atoms with Crippen molar-refractivity contribution in [2.24, 2.45) is 22.5 Å². The molecule has 2 aliphatic carbocycles. The fourth-order valence-electron chi connectivity index (χ4n) is 3.40. The van der Waals surface area contributed by atoms with Gasteiger partial charge in [0.15, 0.2) is 0 Å². The van der Waals surface area contributed by atoms with Gasteiger partial charge in [-0.3, -0.25) is 4.79 Å². The Morgan fingerprint density at radius 1 is 1.44 bits per heavy atom. The Labute approximate surface area is 115 Å². The molecule has 2 rings (SSSR count). The summed E-state index contributed by atoms with van der Waals surface area (Å²) in [5.74, 6) is 0.619. The van der Waals surface area contributed by atoms with Crippen molar-refractivity contribution in [3.8, 4) is 0 Å². The van der Waals surface area contributed by atoms with Gasteiger partial charge < -0.3 is 11.1 Å². The molecule has 4 heteroatoms. The SMILES string of the molecule is CCC1(CNC(=O)C2(C(N)=S)CC(C)C2)CCC1. The van der Waals surface area contributed by atoms with Crippen molar-refractivity contribution in [1.29, 1.82) is 0 Å². The van der Waals surface area contributed by atoms with E-state index in [1.165, 1.54) is 19.3 Å². The molecule has 0 saturated heterocycles. The molecular formula is C14H24N2OS. The Hall–Kier alpha value is -0.640. The van der Waals surface area contributed by atoms with Crippen LogP contribution in [0.5, 0.6) is 0 Å². The fraction of sp³-hybridized carbons (Fsp3) is 0.857. The maximum absolute atomic E-state index is 12.4. The zero-order valence-electron chi connectivity index (χ0n) is 11.4. The third-order valence-electron chi connectivity index (χ3n) is 5.09. The number of nitrogens with one attached hydrogen (secondary N) is 1. The molecule has 1 amide bonds. The van der Waals surface area contributed by atoms with Crippen molar-refractivity contribution in [2.75, 3.05) is 6.54 Å². The topological polar surface area (TPSA) is 55.1 Å². The molecule has 102 valence electrons. The van der Waals surface area contributed by atoms with Crippen molar-refractivity contribution in [3.63, 3.8) is 0 Å². The quantitative estimate of drug-likeness (QED) is 0.753. The monoisotopic (exact) mass is 268 g/mol. The summed E-state index contributed by atoms with van der Waals surface area (Å²) in [6.07, 6.45) is 6.53. The van der Waals surface area contributed by atoms with Crippen LogP contribution >= 0.6 is 12.2 Å². The Bertz CT molecular complexity index is 351. The number of nitrogens with two attached hydrogens (primary N) is 1. The summed E-state index contributed by atoms with van der Waals surface area (Å²) in [5, 5.41) is 3.11. The molecule has 0 radical (unpaired) electrons. The van der Waals surface area contributed by atoms with E-state index < -0.39 is 5.41 Å². The number of amides is 1. The highest BCUT2D eigenvalue weighted by Gasteiger charge is 2.51. The number of hydrogen-bond donors (Lipinski definition) is 2. The summed E-state index contributed by atoms with van der Waals surface area (Å²) >= 11 is 5.11. The Morgan fingerprint density at radius 3 is 2.39 bits per heavy atom. The third-order valence-corrected chi connectivity index (χ3v) is 5.48. The van der Waals surface area contributed by atoms with Crippen LogP contribution in [0, 0.1) is 16.7 Å². The largest absolute Gasteiger partial charge is 0.392 e. The lowest BCUT2D eigenvalue weighted by atomic mass is 9.61. The Kier molecular flexibility index (Phi) is 3.67. The van der Waals surface area contributed by atoms with Crippen molar-refractivity contribution < 1.29 is 4.79 Å². The van der Waals surface area contributed by atoms with Crippen LogP contribution in [-0.4, -0.2) is 17.4 Å². The van der Waals surface area contributed by atoms with Gasteiger partial charge in [-0.2, -0.15) is 0 Å². The number of carbonyl (C=O) groups excluding carboxylic acids is 1. The van der Waals surface area contributed by atoms with Crippen LogP contribution in [0.15, 0.2) is 0 Å². The fourth-order valence-corrected chi connectivity index (χ4v) is 3.66. The second kappa shape index (κ2) is 4.80. The zero-order chi connectivity index (χ0) is 13.4. The standard InChI is InChI=1S/C14H24N2OS/c1-3-13(5-4-6-13)9-16-12(17)14(11(15)18)7-10(2)8-14/h10H,3-9H2,1-2H3,(H2,15,18)(H,16,17). The van der Waals surface area contributed by atoms with Gasteiger partial charge in [-0.1, -0.05) is 32.5 Å². The predicted molar refractivity (Wildman–Crippen MR) is 77.2 cm³/mol. The van der Waals surface area contributed by atoms with Crippen molar-refractivity contribution in [3.05, 3.63) is 0 Å². The van der Waals surface area contributed by atoms with Crippen LogP contribution in [0.3, 0.4) is 0 Å². The van der Waals surface area contributed by atoms with Gasteiger partial charge in [0.1, 0.15) is 0 Å². The maximum atomic E-state index is 12.4. The molecule has 0 heterocycles. The molecule has 3 nitrogen and oxygen atoms in total. The first-order chi connectivity index (χ1) is 8.44. The molecule has 2 saturated carbocycles. The molecule has 0 aromatic carbocycles. The van der Waals surface area contributed by atoms with Crippen molar-refractivity contribution >= 4 is 23.1 Å². The smallest absolute Gasteiger partial charge is 0.233 e. The molecule has 0 unspecified atom stereocenters. The van der Waals surface area contributed by atoms with Gasteiger partial charge in [0.05, 0.1) is 10.4 Å². The minimum Gasteiger partial charge on any atom is -0.392 e. The summed E-state index contributed by atoms with van der Waals surface area (Å²) in [7, 11) is 0. The molecule has 0 aromatic heterocycles. The highest BCUT2D eigenvalue weighted by atomic mass is 32.1. The lowest BCUT2D eigenvalue weighted by Crippen LogP contribution is -2.57. The van der Waals surface area contributed by atoms with Crippen LogP contribution < -0.4 is 11.1 Å². The number of thiocarbonyl (C=S) groups is 1. The molecule has 0 atom stereocenters. The Balaban J connectivity index is 1.93. The number of carbonyl (C=O) groups is 1. The molecule has 0 spiro atoms. The average molecular weight is 268 g/mol. The van der Waals surface area contributed by atoms with E-state index in [2.05, 4.69) is 19.2 Å². The van der Waals surface area contributed by atoms with E-state index in [1.54, 1.807) is 0 Å². The number of rotatable bonds is 5. The lowest BCUT2D eigenvalue weighted by Gasteiger charge is -2.46. The van der Waals surface area contributed by atoms with Crippen LogP contribution in [0.4, 0.5) is 0 Å². The molecular weight excluding hydrogens is 244 g/mol. The molecule has 0 bridgehead atoms. The minimum absolute atomic E-state index is 0.0628. The minimum atomic E-state index is -0.548. The normalized spacial score (nSPS) is 33.1. The van der Waals surface area contributed by atoms with Crippen LogP contribution in [0.2, 0.25) is 0 Å². The summed E-state index contributed by atoms with van der Waals surface area (Å²) < 4.78 is 0. The second-order valence-electron chi connectivity index (χ2n) is 6.35. The summed E-state index contributed by atoms with van der Waals surface area (Å²) in [6, 6.07) is 0. The lowest BCUT2D eigenvalue weighted by molar-refractivity contribution is -0.133. The highest BCUT2D eigenvalue weighted by Crippen LogP contribution is 2.47. The number of hydrogen-bond acceptors (Lipinski definition) is 2. The average Bonchev–Trinajstić information content (AvgIpc) is 2.22. The molecule has 0 aromatic rings. The van der Waals surface area contributed by atoms with E-state index in [9.17, 15) is 4.79 Å². The van der Waals surface area contributed by atoms with Crippen LogP contribution in [0.1, 0.15) is 52.4 Å². The van der Waals surface area contributed by atoms with Crippen molar-refractivity contribution in [1.82, 2.24) is 5.32 Å². The van der Waals surface area contributed by atoms with Gasteiger partial charge in [-0.05, 0) is 43.4 Å². The van der Waals surface area contributed by atoms with E-state index in [0.29, 0.717) is 16.3 Å². The second-order valence-corrected chi connectivity index (χ2v) is 6.79. The van der Waals surface area contributed by atoms with E-state index in [1.807, 2.05) is 0 Å². The Morgan fingerprint density at radius 2 is 2.06 bits per heavy atom. The maximum Gasteiger partial charge on any atom is 0.233 e. The van der Waals surface area contributed by atoms with E-state index in [-0.39, 0.29) is 5.91 Å². The zero-order valence-corrected chi connectivity index (χ0v) is 12.2. The molecule has 18 heavy (non-hydrogen) atoms. The first-order valence-electron chi connectivity index (χ1n) is 7.02. The van der Waals surface area contributed by atoms with E-state index in [0.717, 1.165) is 25.8 Å². The summed E-state index contributed by atoms with van der Waals surface area (Å²) in [5.41, 5.74) is 5.59. The van der Waals surface area contributed by atoms with Gasteiger partial charge in [0.2, 0.25) is 5.91 Å². The van der Waals surface area contributed by atoms with Gasteiger partial charge in [0.25, 0.3) is 0 Å². The summed E-state index contributed by atoms with van der Waals surface area (Å²) in [4.78, 5) is 12.7. The van der Waals surface area contributed by atoms with Gasteiger partial charge in [0, 0.05) is 6.54 Å². The first kappa shape index (κ1) is 13.8. The van der Waals surface area contributed by atoms with Crippen molar-refractivity contribution in [2.45, 2.75) is 52.4 Å². The van der Waals surface area contributed by atoms with Crippen LogP contribution in [0.25, 0.3) is 0 Å². The molecule has 3 N–H and O–H groups in total. The first-order valence-corrected chi connectivity index (χ1v) is 7.43. The van der Waals surface area contributed by atoms with Crippen LogP contribution in [-0.2, 0) is 4.79 Å². The highest BCUT2D eigenvalue weighted by molar-refractivity contribution is 7.80. The summed E-state index contributed by atoms with van der Waals surface area (Å²) in [6.45, 7) is 5.14. The van der Waals surface area contributed by atoms with E-state index in [4.69, 9.17) is 18.0 Å². The van der Waals surface area contributed by atoms with Gasteiger partial charge in [-0.15, -0.1) is 0 Å². The molecule has 2 fully saturated rings. The molecule has 0 aliphatic heterocycles. The predicted octanol–water partition coefficient (Wildman–Crippen LogP) is 2.39.